The molecule has 9 heteroatoms. The zero-order valence-corrected chi connectivity index (χ0v) is 13.4. The smallest absolute Gasteiger partial charge is 0.410 e. The van der Waals surface area contributed by atoms with Gasteiger partial charge in [0.05, 0.1) is 6.04 Å². The standard InChI is InChI=1S/C16H18F3N3O3/c17-12-6-14(19)13(18)4-9(12)3-10(20)5-15(23)21-1-2-22-11(7-21)8-25-16(22)24/h4,6,10-11H,1-3,5,7-8,20H2/t10-,11?/m1/s1. The number of hydrogen-bond donors (Lipinski definition) is 1. The Kier molecular flexibility index (Phi) is 4.85. The van der Waals surface area contributed by atoms with Crippen LogP contribution in [0.2, 0.25) is 0 Å². The highest BCUT2D eigenvalue weighted by atomic mass is 19.2. The van der Waals surface area contributed by atoms with Gasteiger partial charge in [-0.15, -0.1) is 0 Å². The Bertz CT molecular complexity index is 701. The Hall–Kier alpha value is -2.29. The van der Waals surface area contributed by atoms with Crippen LogP contribution in [0, 0.1) is 17.5 Å². The fourth-order valence-electron chi connectivity index (χ4n) is 3.14. The molecule has 2 amide bonds. The van der Waals surface area contributed by atoms with E-state index in [1.165, 1.54) is 0 Å². The Morgan fingerprint density at radius 1 is 1.24 bits per heavy atom. The molecule has 2 N–H and O–H groups in total. The molecule has 0 radical (unpaired) electrons. The Balaban J connectivity index is 1.56. The molecule has 2 heterocycles. The first-order valence-electron chi connectivity index (χ1n) is 7.95. The quantitative estimate of drug-likeness (QED) is 0.817. The summed E-state index contributed by atoms with van der Waals surface area (Å²) < 4.78 is 44.8. The molecule has 2 aliphatic rings. The van der Waals surface area contributed by atoms with Crippen LogP contribution in [0.4, 0.5) is 18.0 Å². The van der Waals surface area contributed by atoms with Gasteiger partial charge in [-0.2, -0.15) is 0 Å². The fraction of sp³-hybridized carbons (Fsp3) is 0.500. The third-order valence-electron chi connectivity index (χ3n) is 4.48. The third-order valence-corrected chi connectivity index (χ3v) is 4.48. The van der Waals surface area contributed by atoms with E-state index in [1.54, 1.807) is 9.80 Å². The summed E-state index contributed by atoms with van der Waals surface area (Å²) in [5.74, 6) is -3.54. The molecule has 0 spiro atoms. The summed E-state index contributed by atoms with van der Waals surface area (Å²) in [6.45, 7) is 1.37. The largest absolute Gasteiger partial charge is 0.447 e. The van der Waals surface area contributed by atoms with Gasteiger partial charge in [-0.1, -0.05) is 0 Å². The second-order valence-electron chi connectivity index (χ2n) is 6.29. The number of amides is 2. The lowest BCUT2D eigenvalue weighted by Gasteiger charge is -2.35. The Morgan fingerprint density at radius 2 is 1.96 bits per heavy atom. The minimum absolute atomic E-state index is 0.0556. The van der Waals surface area contributed by atoms with Crippen molar-refractivity contribution in [1.29, 1.82) is 0 Å². The summed E-state index contributed by atoms with van der Waals surface area (Å²) in [6, 6.07) is 0.335. The lowest BCUT2D eigenvalue weighted by Crippen LogP contribution is -2.54. The van der Waals surface area contributed by atoms with Crippen molar-refractivity contribution in [3.8, 4) is 0 Å². The molecule has 0 saturated carbocycles. The molecular formula is C16H18F3N3O3. The van der Waals surface area contributed by atoms with Crippen LogP contribution in [0.15, 0.2) is 12.1 Å². The minimum Gasteiger partial charge on any atom is -0.447 e. The third kappa shape index (κ3) is 3.71. The van der Waals surface area contributed by atoms with E-state index in [2.05, 4.69) is 0 Å². The van der Waals surface area contributed by atoms with Gasteiger partial charge in [0.25, 0.3) is 0 Å². The second kappa shape index (κ2) is 6.91. The molecule has 0 bridgehead atoms. The molecule has 25 heavy (non-hydrogen) atoms. The molecule has 136 valence electrons. The molecular weight excluding hydrogens is 339 g/mol. The maximum Gasteiger partial charge on any atom is 0.410 e. The summed E-state index contributed by atoms with van der Waals surface area (Å²) >= 11 is 0. The summed E-state index contributed by atoms with van der Waals surface area (Å²) in [6.07, 6.45) is -0.512. The summed E-state index contributed by atoms with van der Waals surface area (Å²) in [4.78, 5) is 27.0. The van der Waals surface area contributed by atoms with E-state index in [-0.39, 0.29) is 43.1 Å². The number of rotatable bonds is 4. The van der Waals surface area contributed by atoms with Crippen LogP contribution < -0.4 is 5.73 Å². The van der Waals surface area contributed by atoms with Crippen LogP contribution >= 0.6 is 0 Å². The average molecular weight is 357 g/mol. The van der Waals surface area contributed by atoms with E-state index in [9.17, 15) is 22.8 Å². The SMILES string of the molecule is N[C@@H](CC(=O)N1CCN2C(=O)OCC2C1)Cc1cc(F)c(F)cc1F. The Labute approximate surface area is 142 Å². The van der Waals surface area contributed by atoms with Gasteiger partial charge in [0.2, 0.25) is 5.91 Å². The molecule has 2 fully saturated rings. The second-order valence-corrected chi connectivity index (χ2v) is 6.29. The number of halogens is 3. The lowest BCUT2D eigenvalue weighted by atomic mass is 10.0. The van der Waals surface area contributed by atoms with Crippen molar-refractivity contribution in [3.05, 3.63) is 35.1 Å². The van der Waals surface area contributed by atoms with Crippen LogP contribution in [-0.4, -0.2) is 60.1 Å². The molecule has 3 rings (SSSR count). The van der Waals surface area contributed by atoms with E-state index in [0.717, 1.165) is 6.07 Å². The number of carbonyl (C=O) groups is 2. The number of fused-ring (bicyclic) bond motifs is 1. The molecule has 1 aromatic carbocycles. The fourth-order valence-corrected chi connectivity index (χ4v) is 3.14. The van der Waals surface area contributed by atoms with Gasteiger partial charge in [-0.05, 0) is 18.1 Å². The van der Waals surface area contributed by atoms with Crippen LogP contribution in [0.1, 0.15) is 12.0 Å². The van der Waals surface area contributed by atoms with Gasteiger partial charge in [0.1, 0.15) is 12.4 Å². The van der Waals surface area contributed by atoms with Crippen LogP contribution in [-0.2, 0) is 16.0 Å². The summed E-state index contributed by atoms with van der Waals surface area (Å²) in [5.41, 5.74) is 5.81. The van der Waals surface area contributed by atoms with Crippen molar-refractivity contribution in [2.24, 2.45) is 5.73 Å². The van der Waals surface area contributed by atoms with E-state index in [4.69, 9.17) is 10.5 Å². The average Bonchev–Trinajstić information content (AvgIpc) is 2.93. The normalized spacial score (nSPS) is 21.1. The number of carbonyl (C=O) groups excluding carboxylic acids is 2. The van der Waals surface area contributed by atoms with Gasteiger partial charge < -0.3 is 15.4 Å². The molecule has 0 aliphatic carbocycles. The molecule has 1 aromatic rings. The first kappa shape index (κ1) is 17.5. The topological polar surface area (TPSA) is 75.9 Å². The number of nitrogens with zero attached hydrogens (tertiary/aromatic N) is 2. The molecule has 2 aliphatic heterocycles. The number of hydrogen-bond acceptors (Lipinski definition) is 4. The molecule has 2 atom stereocenters. The van der Waals surface area contributed by atoms with Crippen molar-refractivity contribution < 1.29 is 27.5 Å². The monoisotopic (exact) mass is 357 g/mol. The van der Waals surface area contributed by atoms with E-state index < -0.39 is 23.5 Å². The number of ether oxygens (including phenoxy) is 1. The van der Waals surface area contributed by atoms with Gasteiger partial charge in [-0.3, -0.25) is 9.69 Å². The molecule has 6 nitrogen and oxygen atoms in total. The zero-order valence-electron chi connectivity index (χ0n) is 13.4. The van der Waals surface area contributed by atoms with Gasteiger partial charge >= 0.3 is 6.09 Å². The highest BCUT2D eigenvalue weighted by molar-refractivity contribution is 5.78. The Morgan fingerprint density at radius 3 is 2.72 bits per heavy atom. The number of cyclic esters (lactones) is 1. The molecule has 1 unspecified atom stereocenters. The van der Waals surface area contributed by atoms with Crippen LogP contribution in [0.25, 0.3) is 0 Å². The van der Waals surface area contributed by atoms with Crippen molar-refractivity contribution in [2.45, 2.75) is 24.9 Å². The predicted molar refractivity (Wildman–Crippen MR) is 81.0 cm³/mol. The first-order chi connectivity index (χ1) is 11.8. The number of benzene rings is 1. The van der Waals surface area contributed by atoms with Gasteiger partial charge in [0.15, 0.2) is 11.6 Å². The lowest BCUT2D eigenvalue weighted by molar-refractivity contribution is -0.133. The van der Waals surface area contributed by atoms with E-state index in [1.807, 2.05) is 0 Å². The highest BCUT2D eigenvalue weighted by Crippen LogP contribution is 2.19. The highest BCUT2D eigenvalue weighted by Gasteiger charge is 2.38. The van der Waals surface area contributed by atoms with Crippen LogP contribution in [0.5, 0.6) is 0 Å². The van der Waals surface area contributed by atoms with Gasteiger partial charge in [0, 0.05) is 38.2 Å². The maximum absolute atomic E-state index is 13.7. The summed E-state index contributed by atoms with van der Waals surface area (Å²) in [5, 5.41) is 0. The molecule has 2 saturated heterocycles. The first-order valence-corrected chi connectivity index (χ1v) is 7.95. The van der Waals surface area contributed by atoms with Crippen molar-refractivity contribution in [1.82, 2.24) is 9.80 Å². The van der Waals surface area contributed by atoms with Crippen LogP contribution in [0.3, 0.4) is 0 Å². The minimum atomic E-state index is -1.27. The summed E-state index contributed by atoms with van der Waals surface area (Å²) in [7, 11) is 0. The zero-order chi connectivity index (χ0) is 18.1. The number of piperazine rings is 1. The van der Waals surface area contributed by atoms with Gasteiger partial charge in [-0.25, -0.2) is 18.0 Å². The van der Waals surface area contributed by atoms with E-state index >= 15 is 0 Å². The molecule has 0 aromatic heterocycles. The number of nitrogens with two attached hydrogens (primary N) is 1. The van der Waals surface area contributed by atoms with Crippen molar-refractivity contribution in [2.75, 3.05) is 26.2 Å². The predicted octanol–water partition coefficient (Wildman–Crippen LogP) is 1.03. The van der Waals surface area contributed by atoms with E-state index in [0.29, 0.717) is 25.7 Å². The maximum atomic E-state index is 13.7. The van der Waals surface area contributed by atoms with Crippen molar-refractivity contribution in [3.63, 3.8) is 0 Å². The van der Waals surface area contributed by atoms with Crippen molar-refractivity contribution >= 4 is 12.0 Å².